The number of methoxy groups -OCH3 is 1. The van der Waals surface area contributed by atoms with E-state index in [2.05, 4.69) is 10.1 Å². The minimum atomic E-state index is -0.494. The summed E-state index contributed by atoms with van der Waals surface area (Å²) in [6, 6.07) is 8.96. The SMILES string of the molecule is COC(=O)c1ccc(Nc2ccc(F)c(Cl)c2)c(N)c1. The number of esters is 1. The van der Waals surface area contributed by atoms with Gasteiger partial charge in [0.1, 0.15) is 5.82 Å². The van der Waals surface area contributed by atoms with E-state index < -0.39 is 11.8 Å². The van der Waals surface area contributed by atoms with Crippen LogP contribution in [0.4, 0.5) is 21.5 Å². The second-order valence-electron chi connectivity index (χ2n) is 4.05. The fraction of sp³-hybridized carbons (Fsp3) is 0.0714. The molecule has 4 nitrogen and oxygen atoms in total. The number of rotatable bonds is 3. The highest BCUT2D eigenvalue weighted by Gasteiger charge is 2.09. The highest BCUT2D eigenvalue weighted by atomic mass is 35.5. The normalized spacial score (nSPS) is 10.2. The Hall–Kier alpha value is -2.27. The van der Waals surface area contributed by atoms with Gasteiger partial charge in [0.05, 0.1) is 29.1 Å². The summed E-state index contributed by atoms with van der Waals surface area (Å²) in [7, 11) is 1.30. The Bertz CT molecular complexity index is 662. The number of hydrogen-bond donors (Lipinski definition) is 2. The van der Waals surface area contributed by atoms with Gasteiger partial charge < -0.3 is 15.8 Å². The molecule has 0 atom stereocenters. The molecule has 0 saturated carbocycles. The van der Waals surface area contributed by atoms with Gasteiger partial charge in [-0.2, -0.15) is 0 Å². The summed E-state index contributed by atoms with van der Waals surface area (Å²) in [6.45, 7) is 0. The zero-order chi connectivity index (χ0) is 14.7. The number of nitrogen functional groups attached to an aromatic ring is 1. The standard InChI is InChI=1S/C14H12ClFN2O2/c1-20-14(19)8-2-5-13(12(17)6-8)18-9-3-4-11(16)10(15)7-9/h2-7,18H,17H2,1H3. The minimum absolute atomic E-state index is 0.0137. The van der Waals surface area contributed by atoms with Crippen molar-refractivity contribution in [2.75, 3.05) is 18.2 Å². The van der Waals surface area contributed by atoms with E-state index in [1.54, 1.807) is 12.1 Å². The van der Waals surface area contributed by atoms with Crippen molar-refractivity contribution >= 4 is 34.6 Å². The molecule has 0 fully saturated rings. The minimum Gasteiger partial charge on any atom is -0.465 e. The number of carbonyl (C=O) groups excluding carboxylic acids is 1. The van der Waals surface area contributed by atoms with E-state index in [1.165, 1.54) is 31.4 Å². The molecule has 0 radical (unpaired) electrons. The van der Waals surface area contributed by atoms with E-state index in [1.807, 2.05) is 0 Å². The van der Waals surface area contributed by atoms with Crippen LogP contribution in [-0.4, -0.2) is 13.1 Å². The summed E-state index contributed by atoms with van der Waals surface area (Å²) in [5.41, 5.74) is 7.75. The van der Waals surface area contributed by atoms with E-state index in [0.717, 1.165) is 0 Å². The number of nitrogens with two attached hydrogens (primary N) is 1. The van der Waals surface area contributed by atoms with Gasteiger partial charge in [0, 0.05) is 5.69 Å². The Morgan fingerprint density at radius 1 is 1.30 bits per heavy atom. The van der Waals surface area contributed by atoms with Gasteiger partial charge in [-0.1, -0.05) is 11.6 Å². The second-order valence-corrected chi connectivity index (χ2v) is 4.45. The maximum absolute atomic E-state index is 13.1. The van der Waals surface area contributed by atoms with Crippen molar-refractivity contribution in [1.82, 2.24) is 0 Å². The van der Waals surface area contributed by atoms with Crippen LogP contribution in [0, 0.1) is 5.82 Å². The molecule has 0 amide bonds. The van der Waals surface area contributed by atoms with Crippen molar-refractivity contribution < 1.29 is 13.9 Å². The molecule has 2 aromatic carbocycles. The lowest BCUT2D eigenvalue weighted by Crippen LogP contribution is -2.04. The molecule has 0 bridgehead atoms. The first-order valence-electron chi connectivity index (χ1n) is 5.71. The van der Waals surface area contributed by atoms with Gasteiger partial charge in [-0.15, -0.1) is 0 Å². The van der Waals surface area contributed by atoms with E-state index in [-0.39, 0.29) is 5.02 Å². The molecule has 0 aromatic heterocycles. The first-order chi connectivity index (χ1) is 9.51. The van der Waals surface area contributed by atoms with E-state index in [4.69, 9.17) is 17.3 Å². The fourth-order valence-corrected chi connectivity index (χ4v) is 1.83. The average molecular weight is 295 g/mol. The molecule has 0 aliphatic rings. The van der Waals surface area contributed by atoms with Gasteiger partial charge >= 0.3 is 5.97 Å². The average Bonchev–Trinajstić information content (AvgIpc) is 2.44. The zero-order valence-corrected chi connectivity index (χ0v) is 11.4. The van der Waals surface area contributed by atoms with Gasteiger partial charge in [-0.25, -0.2) is 9.18 Å². The summed E-state index contributed by atoms with van der Waals surface area (Å²) < 4.78 is 17.7. The number of anilines is 3. The Kier molecular flexibility index (Phi) is 4.10. The molecule has 0 heterocycles. The molecule has 0 saturated heterocycles. The molecule has 0 aliphatic carbocycles. The Morgan fingerprint density at radius 3 is 2.65 bits per heavy atom. The molecule has 0 aliphatic heterocycles. The van der Waals surface area contributed by atoms with Gasteiger partial charge in [0.25, 0.3) is 0 Å². The third-order valence-corrected chi connectivity index (χ3v) is 2.96. The first kappa shape index (κ1) is 14.1. The molecule has 104 valence electrons. The largest absolute Gasteiger partial charge is 0.465 e. The van der Waals surface area contributed by atoms with Crippen molar-refractivity contribution in [2.45, 2.75) is 0 Å². The summed E-state index contributed by atoms with van der Waals surface area (Å²) in [4.78, 5) is 11.4. The van der Waals surface area contributed by atoms with Crippen LogP contribution in [0.25, 0.3) is 0 Å². The number of carbonyl (C=O) groups is 1. The van der Waals surface area contributed by atoms with Crippen molar-refractivity contribution in [1.29, 1.82) is 0 Å². The van der Waals surface area contributed by atoms with Gasteiger partial charge in [0.15, 0.2) is 0 Å². The molecular formula is C14H12ClFN2O2. The third-order valence-electron chi connectivity index (χ3n) is 2.67. The summed E-state index contributed by atoms with van der Waals surface area (Å²) >= 11 is 5.70. The molecule has 20 heavy (non-hydrogen) atoms. The number of benzene rings is 2. The predicted molar refractivity (Wildman–Crippen MR) is 76.9 cm³/mol. The Balaban J connectivity index is 2.25. The first-order valence-corrected chi connectivity index (χ1v) is 6.09. The quantitative estimate of drug-likeness (QED) is 0.671. The van der Waals surface area contributed by atoms with Gasteiger partial charge in [0.2, 0.25) is 0 Å². The topological polar surface area (TPSA) is 64.3 Å². The number of ether oxygens (including phenoxy) is 1. The molecule has 2 rings (SSSR count). The van der Waals surface area contributed by atoms with Crippen LogP contribution in [0.1, 0.15) is 10.4 Å². The van der Waals surface area contributed by atoms with Crippen LogP contribution in [0.3, 0.4) is 0 Å². The highest BCUT2D eigenvalue weighted by molar-refractivity contribution is 6.31. The second kappa shape index (κ2) is 5.79. The van der Waals surface area contributed by atoms with Crippen molar-refractivity contribution in [2.24, 2.45) is 0 Å². The summed E-state index contributed by atoms with van der Waals surface area (Å²) in [6.07, 6.45) is 0. The van der Waals surface area contributed by atoms with E-state index >= 15 is 0 Å². The number of hydrogen-bond acceptors (Lipinski definition) is 4. The molecule has 3 N–H and O–H groups in total. The van der Waals surface area contributed by atoms with Crippen LogP contribution in [0.15, 0.2) is 36.4 Å². The lowest BCUT2D eigenvalue weighted by Gasteiger charge is -2.11. The van der Waals surface area contributed by atoms with Crippen LogP contribution in [-0.2, 0) is 4.74 Å². The van der Waals surface area contributed by atoms with Crippen LogP contribution in [0.5, 0.6) is 0 Å². The van der Waals surface area contributed by atoms with Gasteiger partial charge in [-0.05, 0) is 36.4 Å². The summed E-state index contributed by atoms with van der Waals surface area (Å²) in [5.74, 6) is -0.959. The third kappa shape index (κ3) is 3.00. The smallest absolute Gasteiger partial charge is 0.337 e. The van der Waals surface area contributed by atoms with Crippen LogP contribution < -0.4 is 11.1 Å². The fourth-order valence-electron chi connectivity index (χ4n) is 1.65. The van der Waals surface area contributed by atoms with Gasteiger partial charge in [-0.3, -0.25) is 0 Å². The molecule has 2 aromatic rings. The lowest BCUT2D eigenvalue weighted by atomic mass is 10.1. The highest BCUT2D eigenvalue weighted by Crippen LogP contribution is 2.27. The van der Waals surface area contributed by atoms with Crippen LogP contribution >= 0.6 is 11.6 Å². The van der Waals surface area contributed by atoms with E-state index in [0.29, 0.717) is 22.6 Å². The molecule has 0 spiro atoms. The Labute approximate surface area is 120 Å². The monoisotopic (exact) mass is 294 g/mol. The van der Waals surface area contributed by atoms with Crippen molar-refractivity contribution in [3.63, 3.8) is 0 Å². The Morgan fingerprint density at radius 2 is 2.05 bits per heavy atom. The predicted octanol–water partition coefficient (Wildman–Crippen LogP) is 3.59. The van der Waals surface area contributed by atoms with Crippen LogP contribution in [0.2, 0.25) is 5.02 Å². The lowest BCUT2D eigenvalue weighted by molar-refractivity contribution is 0.0601. The van der Waals surface area contributed by atoms with E-state index in [9.17, 15) is 9.18 Å². The maximum Gasteiger partial charge on any atom is 0.337 e. The zero-order valence-electron chi connectivity index (χ0n) is 10.6. The van der Waals surface area contributed by atoms with Crippen molar-refractivity contribution in [3.8, 4) is 0 Å². The maximum atomic E-state index is 13.1. The molecule has 6 heteroatoms. The number of nitrogens with one attached hydrogen (secondary N) is 1. The molecule has 0 unspecified atom stereocenters. The molecular weight excluding hydrogens is 283 g/mol. The van der Waals surface area contributed by atoms with Crippen molar-refractivity contribution in [3.05, 3.63) is 52.8 Å². The number of halogens is 2. The summed E-state index contributed by atoms with van der Waals surface area (Å²) in [5, 5.41) is 3.01.